The quantitative estimate of drug-likeness (QED) is 0.125. The number of Topliss-reactive ketones (excluding diaryl/α,β-unsaturated/α-hetero) is 3. The third-order valence-corrected chi connectivity index (χ3v) is 19.3. The number of rotatable bonds is 22. The maximum Gasteiger partial charge on any atom is 0.160 e. The van der Waals surface area contributed by atoms with E-state index in [-0.39, 0.29) is 53.4 Å². The van der Waals surface area contributed by atoms with Gasteiger partial charge in [0, 0.05) is 69.1 Å². The molecule has 9 heteroatoms. The van der Waals surface area contributed by atoms with Crippen molar-refractivity contribution in [1.82, 2.24) is 19.6 Å². The molecule has 4 aliphatic rings. The molecule has 2 aromatic rings. The van der Waals surface area contributed by atoms with Crippen molar-refractivity contribution < 1.29 is 19.5 Å². The first-order valence-corrected chi connectivity index (χ1v) is 29.1. The summed E-state index contributed by atoms with van der Waals surface area (Å²) in [7, 11) is 8.33. The molecule has 0 bridgehead atoms. The molecule has 0 amide bonds. The van der Waals surface area contributed by atoms with E-state index in [1.54, 1.807) is 0 Å². The zero-order chi connectivity index (χ0) is 55.4. The fraction of sp³-hybridized carbons (Fsp3) is 0.712. The number of hydrogen-bond acceptors (Lipinski definition) is 8. The number of fused-ring (bicyclic) bond motifs is 2. The molecule has 1 N–H and O–H groups in total. The smallest absolute Gasteiger partial charge is 0.160 e. The highest BCUT2D eigenvalue weighted by Crippen LogP contribution is 2.65. The monoisotopic (exact) mass is 1050 g/mol. The van der Waals surface area contributed by atoms with Gasteiger partial charge in [-0.1, -0.05) is 163 Å². The summed E-state index contributed by atoms with van der Waals surface area (Å²) in [6.45, 7) is 40.0. The van der Waals surface area contributed by atoms with Crippen LogP contribution in [0.15, 0.2) is 70.8 Å². The van der Waals surface area contributed by atoms with Gasteiger partial charge in [-0.2, -0.15) is 0 Å². The molecule has 0 radical (unpaired) electrons. The number of aryl methyl sites for hydroxylation is 1. The van der Waals surface area contributed by atoms with E-state index in [1.165, 1.54) is 22.3 Å². The van der Waals surface area contributed by atoms with Gasteiger partial charge in [0.05, 0.1) is 18.1 Å². The van der Waals surface area contributed by atoms with Gasteiger partial charge in [0.1, 0.15) is 0 Å². The minimum absolute atomic E-state index is 0. The first-order valence-electron chi connectivity index (χ1n) is 28.8. The summed E-state index contributed by atoms with van der Waals surface area (Å²) >= 11 is 6.12. The maximum absolute atomic E-state index is 14.5. The van der Waals surface area contributed by atoms with Crippen molar-refractivity contribution in [2.45, 2.75) is 169 Å². The first kappa shape index (κ1) is 64.5. The predicted octanol–water partition coefficient (Wildman–Crippen LogP) is 13.9. The second-order valence-corrected chi connectivity index (χ2v) is 27.2. The third-order valence-electron chi connectivity index (χ3n) is 19.1. The number of allylic oxidation sites excluding steroid dienone is 3. The molecule has 0 unspecified atom stereocenters. The Morgan fingerprint density at radius 2 is 1.04 bits per heavy atom. The van der Waals surface area contributed by atoms with Gasteiger partial charge in [-0.15, -0.1) is 0 Å². The van der Waals surface area contributed by atoms with E-state index in [2.05, 4.69) is 176 Å². The predicted molar refractivity (Wildman–Crippen MR) is 317 cm³/mol. The van der Waals surface area contributed by atoms with E-state index in [1.807, 2.05) is 24.3 Å². The Morgan fingerprint density at radius 1 is 0.613 bits per heavy atom. The standard InChI is InChI=1S/C33H54N2O2.C32H49ClN2O2.CH4/c1-22(2)29-27(36)19-33(16-15-32(8,24(5)6)30(23(3)4)31(29)33)28(37)21-35(18-17-34(9)10)20-26-13-11-25(7)12-14-26;1-21(2)28-26(36)18-32(15-14-31(7,23(5)6)29(22(3)4)30(28)32)27(37)20-35(17-16-34(8)9)19-24-10-12-25(33)13-11-24;/h11-14,22-24,28,30,37H,15-21H2,1-10H3;10-13,21-23,29H,14-20H2,1-9H3;1H4/t28-,30+,32-,33-;29-,31+,32+;/m01./s1. The highest BCUT2D eigenvalue weighted by Gasteiger charge is 2.62. The van der Waals surface area contributed by atoms with Crippen LogP contribution < -0.4 is 0 Å². The van der Waals surface area contributed by atoms with E-state index in [9.17, 15) is 19.5 Å². The molecule has 0 heterocycles. The lowest BCUT2D eigenvalue weighted by Crippen LogP contribution is -2.53. The Hall–Kier alpha value is -2.98. The lowest BCUT2D eigenvalue weighted by Gasteiger charge is -2.56. The lowest BCUT2D eigenvalue weighted by molar-refractivity contribution is -0.134. The van der Waals surface area contributed by atoms with Crippen LogP contribution in [0.1, 0.15) is 160 Å². The molecule has 0 spiro atoms. The Kier molecular flexibility index (Phi) is 22.7. The molecule has 2 aromatic carbocycles. The zero-order valence-electron chi connectivity index (χ0n) is 50.1. The van der Waals surface area contributed by atoms with Crippen LogP contribution in [-0.2, 0) is 27.5 Å². The van der Waals surface area contributed by atoms with Gasteiger partial charge in [-0.3, -0.25) is 24.2 Å². The van der Waals surface area contributed by atoms with E-state index in [4.69, 9.17) is 11.6 Å². The fourth-order valence-corrected chi connectivity index (χ4v) is 14.5. The van der Waals surface area contributed by atoms with Crippen molar-refractivity contribution in [1.29, 1.82) is 0 Å². The molecular formula is C66H107ClN4O4. The number of benzene rings is 2. The molecule has 422 valence electrons. The van der Waals surface area contributed by atoms with E-state index < -0.39 is 16.9 Å². The van der Waals surface area contributed by atoms with Crippen molar-refractivity contribution in [3.63, 3.8) is 0 Å². The molecule has 8 nitrogen and oxygen atoms in total. The average molecular weight is 1060 g/mol. The van der Waals surface area contributed by atoms with Crippen molar-refractivity contribution in [2.75, 3.05) is 67.5 Å². The van der Waals surface area contributed by atoms with Gasteiger partial charge < -0.3 is 14.9 Å². The second kappa shape index (κ2) is 26.3. The number of aliphatic hydroxyl groups excluding tert-OH is 1. The minimum atomic E-state index is -0.656. The topological polar surface area (TPSA) is 84.4 Å². The van der Waals surface area contributed by atoms with Gasteiger partial charge in [0.2, 0.25) is 0 Å². The molecule has 75 heavy (non-hydrogen) atoms. The van der Waals surface area contributed by atoms with Crippen LogP contribution in [0.2, 0.25) is 5.02 Å². The summed E-state index contributed by atoms with van der Waals surface area (Å²) in [6.07, 6.45) is 3.99. The Labute approximate surface area is 463 Å². The fourth-order valence-electron chi connectivity index (χ4n) is 14.4. The van der Waals surface area contributed by atoms with Crippen molar-refractivity contribution in [3.8, 4) is 0 Å². The molecular weight excluding hydrogens is 948 g/mol. The van der Waals surface area contributed by atoms with Gasteiger partial charge in [-0.25, -0.2) is 0 Å². The number of halogens is 1. The Morgan fingerprint density at radius 3 is 1.51 bits per heavy atom. The second-order valence-electron chi connectivity index (χ2n) is 26.8. The number of ketones is 3. The van der Waals surface area contributed by atoms with E-state index in [0.717, 1.165) is 75.1 Å². The summed E-state index contributed by atoms with van der Waals surface area (Å²) < 4.78 is 0. The molecule has 4 aliphatic carbocycles. The SMILES string of the molecule is C.CC(C)C1=C2[C@@H](C(C)C)[C@](C)(C(C)C)CC[C@@]2(C(=O)CN(CCN(C)C)Cc2ccc(Cl)cc2)CC1=O.Cc1ccc(CN(CCN(C)C)C[C@H](O)[C@@]23CC[C@@](C)(C(C)C)[C@H](C(C)C)C2=C(C(C)C)C(=O)C3)cc1. The minimum Gasteiger partial charge on any atom is -0.391 e. The molecule has 2 fully saturated rings. The van der Waals surface area contributed by atoms with Crippen LogP contribution in [0.4, 0.5) is 0 Å². The zero-order valence-corrected chi connectivity index (χ0v) is 50.8. The average Bonchev–Trinajstić information content (AvgIpc) is 3.79. The molecule has 2 saturated carbocycles. The lowest BCUT2D eigenvalue weighted by atomic mass is 9.49. The number of hydrogen-bond donors (Lipinski definition) is 1. The van der Waals surface area contributed by atoms with E-state index in [0.29, 0.717) is 67.1 Å². The number of nitrogens with zero attached hydrogens (tertiary/aromatic N) is 4. The van der Waals surface area contributed by atoms with Gasteiger partial charge in [0.25, 0.3) is 0 Å². The number of carbonyl (C=O) groups excluding carboxylic acids is 3. The summed E-state index contributed by atoms with van der Waals surface area (Å²) in [5, 5.41) is 12.9. The first-order chi connectivity index (χ1) is 34.4. The van der Waals surface area contributed by atoms with Crippen LogP contribution in [0.5, 0.6) is 0 Å². The summed E-state index contributed by atoms with van der Waals surface area (Å²) in [5.74, 6) is 3.37. The number of likely N-dealkylation sites (N-methyl/N-ethyl adjacent to an activating group) is 2. The van der Waals surface area contributed by atoms with Crippen LogP contribution in [0, 0.1) is 75.9 Å². The molecule has 6 rings (SSSR count). The highest BCUT2D eigenvalue weighted by atomic mass is 35.5. The van der Waals surface area contributed by atoms with Crippen LogP contribution in [0.3, 0.4) is 0 Å². The third kappa shape index (κ3) is 14.1. The maximum atomic E-state index is 14.5. The molecule has 0 aliphatic heterocycles. The molecule has 0 saturated heterocycles. The Balaban J connectivity index is 0.000000320. The molecule has 0 aromatic heterocycles. The van der Waals surface area contributed by atoms with Crippen LogP contribution in [0.25, 0.3) is 0 Å². The van der Waals surface area contributed by atoms with Crippen molar-refractivity contribution in [3.05, 3.63) is 92.5 Å². The van der Waals surface area contributed by atoms with Crippen molar-refractivity contribution >= 4 is 29.0 Å². The summed E-state index contributed by atoms with van der Waals surface area (Å²) in [5.41, 5.74) is 7.29. The number of carbonyl (C=O) groups is 3. The van der Waals surface area contributed by atoms with Gasteiger partial charge in [0.15, 0.2) is 17.3 Å². The van der Waals surface area contributed by atoms with Crippen LogP contribution >= 0.6 is 11.6 Å². The normalized spacial score (nSPS) is 26.5. The highest BCUT2D eigenvalue weighted by molar-refractivity contribution is 6.30. The largest absolute Gasteiger partial charge is 0.391 e. The van der Waals surface area contributed by atoms with Crippen LogP contribution in [-0.4, -0.2) is 116 Å². The van der Waals surface area contributed by atoms with Crippen molar-refractivity contribution in [2.24, 2.45) is 69.0 Å². The number of aliphatic hydroxyl groups is 1. The van der Waals surface area contributed by atoms with Gasteiger partial charge in [-0.05, 0) is 159 Å². The van der Waals surface area contributed by atoms with E-state index >= 15 is 0 Å². The molecule has 7 atom stereocenters. The Bertz CT molecular complexity index is 2290. The summed E-state index contributed by atoms with van der Waals surface area (Å²) in [6, 6.07) is 16.6. The van der Waals surface area contributed by atoms with Gasteiger partial charge >= 0.3 is 0 Å². The summed E-state index contributed by atoms with van der Waals surface area (Å²) in [4.78, 5) is 50.8.